The number of ether oxygens (including phenoxy) is 1. The second-order valence-electron chi connectivity index (χ2n) is 4.61. The highest BCUT2D eigenvalue weighted by Crippen LogP contribution is 2.33. The molecule has 1 fully saturated rings. The molecule has 1 aliphatic rings. The van der Waals surface area contributed by atoms with Gasteiger partial charge in [0.2, 0.25) is 0 Å². The first-order chi connectivity index (χ1) is 8.90. The van der Waals surface area contributed by atoms with Crippen molar-refractivity contribution in [2.45, 2.75) is 6.04 Å². The molecule has 94 valence electrons. The average molecular weight is 242 g/mol. The molecule has 0 aromatic heterocycles. The fourth-order valence-corrected chi connectivity index (χ4v) is 2.67. The van der Waals surface area contributed by atoms with Crippen molar-refractivity contribution >= 4 is 10.8 Å². The predicted molar refractivity (Wildman–Crippen MR) is 74.1 cm³/mol. The van der Waals surface area contributed by atoms with E-state index in [4.69, 9.17) is 4.74 Å². The molecule has 2 N–H and O–H groups in total. The topological polar surface area (TPSA) is 33.3 Å². The van der Waals surface area contributed by atoms with Gasteiger partial charge in [0.25, 0.3) is 0 Å². The fraction of sp³-hybridized carbons (Fsp3) is 0.333. The standard InChI is InChI=1S/C15H18N2O/c1-18-14-7-6-11-4-2-3-5-12(11)15(14)13-10-16-8-9-17-13/h2-7,13,16-17H,8-10H2,1H3/t13-/m0/s1. The minimum Gasteiger partial charge on any atom is -0.496 e. The number of hydrogen-bond acceptors (Lipinski definition) is 3. The van der Waals surface area contributed by atoms with Gasteiger partial charge < -0.3 is 15.4 Å². The molecular formula is C15H18N2O. The molecule has 2 aromatic carbocycles. The lowest BCUT2D eigenvalue weighted by atomic mass is 9.96. The lowest BCUT2D eigenvalue weighted by Crippen LogP contribution is -2.42. The molecule has 0 radical (unpaired) electrons. The molecule has 3 nitrogen and oxygen atoms in total. The van der Waals surface area contributed by atoms with E-state index in [-0.39, 0.29) is 0 Å². The molecule has 0 aliphatic carbocycles. The van der Waals surface area contributed by atoms with Gasteiger partial charge in [-0.3, -0.25) is 0 Å². The Hall–Kier alpha value is -1.58. The molecule has 2 aromatic rings. The van der Waals surface area contributed by atoms with Crippen molar-refractivity contribution in [3.05, 3.63) is 42.0 Å². The van der Waals surface area contributed by atoms with Gasteiger partial charge in [-0.2, -0.15) is 0 Å². The summed E-state index contributed by atoms with van der Waals surface area (Å²) in [6.07, 6.45) is 0. The molecule has 0 spiro atoms. The van der Waals surface area contributed by atoms with Gasteiger partial charge in [0.15, 0.2) is 0 Å². The third-order valence-electron chi connectivity index (χ3n) is 3.54. The number of methoxy groups -OCH3 is 1. The lowest BCUT2D eigenvalue weighted by molar-refractivity contribution is 0.384. The Morgan fingerprint density at radius 2 is 2.00 bits per heavy atom. The average Bonchev–Trinajstić information content (AvgIpc) is 2.47. The zero-order valence-corrected chi connectivity index (χ0v) is 10.6. The van der Waals surface area contributed by atoms with Crippen LogP contribution in [0.4, 0.5) is 0 Å². The minimum atomic E-state index is 0.319. The number of hydrogen-bond donors (Lipinski definition) is 2. The van der Waals surface area contributed by atoms with E-state index in [1.807, 2.05) is 0 Å². The minimum absolute atomic E-state index is 0.319. The first kappa shape index (κ1) is 11.5. The van der Waals surface area contributed by atoms with E-state index in [1.54, 1.807) is 7.11 Å². The Morgan fingerprint density at radius 3 is 2.78 bits per heavy atom. The Morgan fingerprint density at radius 1 is 1.11 bits per heavy atom. The van der Waals surface area contributed by atoms with Crippen LogP contribution in [-0.4, -0.2) is 26.7 Å². The monoisotopic (exact) mass is 242 g/mol. The van der Waals surface area contributed by atoms with Gasteiger partial charge >= 0.3 is 0 Å². The SMILES string of the molecule is COc1ccc2ccccc2c1[C@@H]1CNCCN1. The molecule has 0 unspecified atom stereocenters. The molecule has 3 heteroatoms. The molecule has 18 heavy (non-hydrogen) atoms. The van der Waals surface area contributed by atoms with Gasteiger partial charge in [-0.05, 0) is 16.8 Å². The molecule has 1 heterocycles. The normalized spacial score (nSPS) is 19.9. The quantitative estimate of drug-likeness (QED) is 0.846. The summed E-state index contributed by atoms with van der Waals surface area (Å²) in [4.78, 5) is 0. The van der Waals surface area contributed by atoms with Crippen LogP contribution in [0.25, 0.3) is 10.8 Å². The molecule has 0 amide bonds. The first-order valence-corrected chi connectivity index (χ1v) is 6.40. The van der Waals surface area contributed by atoms with E-state index >= 15 is 0 Å². The van der Waals surface area contributed by atoms with Crippen molar-refractivity contribution < 1.29 is 4.74 Å². The van der Waals surface area contributed by atoms with Crippen LogP contribution in [0.5, 0.6) is 5.75 Å². The Labute approximate surface area is 107 Å². The van der Waals surface area contributed by atoms with Crippen LogP contribution in [0.3, 0.4) is 0 Å². The van der Waals surface area contributed by atoms with Crippen LogP contribution in [0.2, 0.25) is 0 Å². The molecule has 1 aliphatic heterocycles. The van der Waals surface area contributed by atoms with E-state index in [1.165, 1.54) is 16.3 Å². The number of piperazine rings is 1. The van der Waals surface area contributed by atoms with E-state index in [2.05, 4.69) is 47.0 Å². The van der Waals surface area contributed by atoms with Crippen molar-refractivity contribution in [1.29, 1.82) is 0 Å². The van der Waals surface area contributed by atoms with Crippen molar-refractivity contribution in [2.24, 2.45) is 0 Å². The van der Waals surface area contributed by atoms with E-state index in [0.717, 1.165) is 25.4 Å². The van der Waals surface area contributed by atoms with Crippen molar-refractivity contribution in [3.8, 4) is 5.75 Å². The van der Waals surface area contributed by atoms with Crippen LogP contribution >= 0.6 is 0 Å². The second kappa shape index (κ2) is 4.96. The maximum Gasteiger partial charge on any atom is 0.124 e. The summed E-state index contributed by atoms with van der Waals surface area (Å²) in [6.45, 7) is 2.98. The smallest absolute Gasteiger partial charge is 0.124 e. The Balaban J connectivity index is 2.16. The summed E-state index contributed by atoms with van der Waals surface area (Å²) in [7, 11) is 1.74. The van der Waals surface area contributed by atoms with E-state index < -0.39 is 0 Å². The summed E-state index contributed by atoms with van der Waals surface area (Å²) in [5.41, 5.74) is 1.27. The highest BCUT2D eigenvalue weighted by Gasteiger charge is 2.20. The highest BCUT2D eigenvalue weighted by atomic mass is 16.5. The van der Waals surface area contributed by atoms with E-state index in [9.17, 15) is 0 Å². The van der Waals surface area contributed by atoms with Crippen LogP contribution < -0.4 is 15.4 Å². The fourth-order valence-electron chi connectivity index (χ4n) is 2.67. The van der Waals surface area contributed by atoms with Gasteiger partial charge in [-0.25, -0.2) is 0 Å². The van der Waals surface area contributed by atoms with Crippen LogP contribution in [0, 0.1) is 0 Å². The highest BCUT2D eigenvalue weighted by molar-refractivity contribution is 5.88. The van der Waals surface area contributed by atoms with Crippen LogP contribution in [0.15, 0.2) is 36.4 Å². The second-order valence-corrected chi connectivity index (χ2v) is 4.61. The summed E-state index contributed by atoms with van der Waals surface area (Å²) < 4.78 is 5.54. The van der Waals surface area contributed by atoms with Gasteiger partial charge in [0.1, 0.15) is 5.75 Å². The van der Waals surface area contributed by atoms with Gasteiger partial charge in [-0.1, -0.05) is 30.3 Å². The number of fused-ring (bicyclic) bond motifs is 1. The summed E-state index contributed by atoms with van der Waals surface area (Å²) in [6, 6.07) is 13.0. The van der Waals surface area contributed by atoms with Crippen molar-refractivity contribution in [3.63, 3.8) is 0 Å². The van der Waals surface area contributed by atoms with Crippen LogP contribution in [0.1, 0.15) is 11.6 Å². The third kappa shape index (κ3) is 1.96. The largest absolute Gasteiger partial charge is 0.496 e. The summed E-state index contributed by atoms with van der Waals surface area (Å²) >= 11 is 0. The van der Waals surface area contributed by atoms with Crippen molar-refractivity contribution in [2.75, 3.05) is 26.7 Å². The maximum absolute atomic E-state index is 5.54. The lowest BCUT2D eigenvalue weighted by Gasteiger charge is -2.27. The summed E-state index contributed by atoms with van der Waals surface area (Å²) in [5, 5.41) is 9.53. The van der Waals surface area contributed by atoms with Gasteiger partial charge in [0, 0.05) is 31.2 Å². The summed E-state index contributed by atoms with van der Waals surface area (Å²) in [5.74, 6) is 0.968. The zero-order valence-electron chi connectivity index (χ0n) is 10.6. The molecular weight excluding hydrogens is 224 g/mol. The van der Waals surface area contributed by atoms with Crippen molar-refractivity contribution in [1.82, 2.24) is 10.6 Å². The molecule has 1 saturated heterocycles. The van der Waals surface area contributed by atoms with Gasteiger partial charge in [0.05, 0.1) is 7.11 Å². The van der Waals surface area contributed by atoms with Crippen LogP contribution in [-0.2, 0) is 0 Å². The molecule has 0 bridgehead atoms. The predicted octanol–water partition coefficient (Wildman–Crippen LogP) is 2.08. The number of benzene rings is 2. The number of rotatable bonds is 2. The molecule has 1 atom stereocenters. The Kier molecular flexibility index (Phi) is 3.17. The number of nitrogens with one attached hydrogen (secondary N) is 2. The molecule has 0 saturated carbocycles. The first-order valence-electron chi connectivity index (χ1n) is 6.40. The maximum atomic E-state index is 5.54. The molecule has 3 rings (SSSR count). The van der Waals surface area contributed by atoms with Gasteiger partial charge in [-0.15, -0.1) is 0 Å². The third-order valence-corrected chi connectivity index (χ3v) is 3.54. The Bertz CT molecular complexity index is 547. The zero-order chi connectivity index (χ0) is 12.4. The van der Waals surface area contributed by atoms with E-state index in [0.29, 0.717) is 6.04 Å².